The van der Waals surface area contributed by atoms with Crippen molar-refractivity contribution >= 4 is 11.9 Å². The maximum Gasteiger partial charge on any atom is 0.225 e. The lowest BCUT2D eigenvalue weighted by atomic mass is 10.2. The van der Waals surface area contributed by atoms with E-state index in [0.29, 0.717) is 6.54 Å². The molecule has 1 amide bonds. The molecule has 0 spiro atoms. The highest BCUT2D eigenvalue weighted by Gasteiger charge is 2.27. The number of ether oxygens (including phenoxy) is 1. The fourth-order valence-electron chi connectivity index (χ4n) is 3.12. The Morgan fingerprint density at radius 3 is 2.78 bits per heavy atom. The van der Waals surface area contributed by atoms with Gasteiger partial charge in [0.1, 0.15) is 5.75 Å². The van der Waals surface area contributed by atoms with Gasteiger partial charge in [0.15, 0.2) is 5.96 Å². The summed E-state index contributed by atoms with van der Waals surface area (Å²) in [5.74, 6) is 1.93. The fourth-order valence-corrected chi connectivity index (χ4v) is 3.12. The van der Waals surface area contributed by atoms with E-state index in [-0.39, 0.29) is 24.0 Å². The standard InChI is InChI=1S/C21H34N4O2/c1-6-22-21(24-18-10-11-25(14-18)20(26)15(2)3)23-13-17-8-7-9-19(12-17)27-16(4)5/h7-9,12,15-16,18H,6,10-11,13-14H2,1-5H3,(H2,22,23,24). The normalized spacial score (nSPS) is 17.5. The molecule has 150 valence electrons. The van der Waals surface area contributed by atoms with E-state index in [2.05, 4.69) is 23.6 Å². The van der Waals surface area contributed by atoms with Gasteiger partial charge >= 0.3 is 0 Å². The fraction of sp³-hybridized carbons (Fsp3) is 0.619. The lowest BCUT2D eigenvalue weighted by Gasteiger charge is -2.20. The molecule has 0 aliphatic carbocycles. The van der Waals surface area contributed by atoms with Gasteiger partial charge in [0.25, 0.3) is 0 Å². The zero-order chi connectivity index (χ0) is 19.8. The number of guanidine groups is 1. The Hall–Kier alpha value is -2.24. The van der Waals surface area contributed by atoms with E-state index in [0.717, 1.165) is 43.3 Å². The van der Waals surface area contributed by atoms with Crippen molar-refractivity contribution in [2.75, 3.05) is 19.6 Å². The Bertz CT molecular complexity index is 643. The second-order valence-corrected chi connectivity index (χ2v) is 7.58. The number of amides is 1. The lowest BCUT2D eigenvalue weighted by molar-refractivity contribution is -0.133. The first kappa shape index (κ1) is 21.1. The summed E-state index contributed by atoms with van der Waals surface area (Å²) in [6.45, 7) is 12.9. The number of aliphatic imine (C=N–C) groups is 1. The summed E-state index contributed by atoms with van der Waals surface area (Å²) < 4.78 is 5.75. The Labute approximate surface area is 163 Å². The molecular formula is C21H34N4O2. The van der Waals surface area contributed by atoms with Gasteiger partial charge in [-0.15, -0.1) is 0 Å². The van der Waals surface area contributed by atoms with E-state index >= 15 is 0 Å². The zero-order valence-corrected chi connectivity index (χ0v) is 17.3. The summed E-state index contributed by atoms with van der Waals surface area (Å²) in [6.07, 6.45) is 1.10. The molecule has 0 radical (unpaired) electrons. The Balaban J connectivity index is 1.96. The van der Waals surface area contributed by atoms with Crippen molar-refractivity contribution in [1.29, 1.82) is 0 Å². The predicted molar refractivity (Wildman–Crippen MR) is 110 cm³/mol. The number of likely N-dealkylation sites (tertiary alicyclic amines) is 1. The SMILES string of the molecule is CCNC(=NCc1cccc(OC(C)C)c1)NC1CCN(C(=O)C(C)C)C1. The van der Waals surface area contributed by atoms with Gasteiger partial charge in [-0.25, -0.2) is 4.99 Å². The second-order valence-electron chi connectivity index (χ2n) is 7.58. The predicted octanol–water partition coefficient (Wildman–Crippen LogP) is 2.79. The van der Waals surface area contributed by atoms with Crippen LogP contribution >= 0.6 is 0 Å². The van der Waals surface area contributed by atoms with E-state index in [9.17, 15) is 4.79 Å². The smallest absolute Gasteiger partial charge is 0.225 e. The number of rotatable bonds is 7. The largest absolute Gasteiger partial charge is 0.491 e. The molecule has 6 heteroatoms. The molecule has 1 aliphatic rings. The van der Waals surface area contributed by atoms with Crippen LogP contribution in [0.3, 0.4) is 0 Å². The van der Waals surface area contributed by atoms with Crippen LogP contribution in [0, 0.1) is 5.92 Å². The van der Waals surface area contributed by atoms with Crippen molar-refractivity contribution in [2.24, 2.45) is 10.9 Å². The van der Waals surface area contributed by atoms with Gasteiger partial charge in [-0.2, -0.15) is 0 Å². The molecule has 1 aliphatic heterocycles. The summed E-state index contributed by atoms with van der Waals surface area (Å²) in [5.41, 5.74) is 1.10. The highest BCUT2D eigenvalue weighted by Crippen LogP contribution is 2.16. The number of carbonyl (C=O) groups is 1. The number of benzene rings is 1. The van der Waals surface area contributed by atoms with Crippen LogP contribution in [0.2, 0.25) is 0 Å². The van der Waals surface area contributed by atoms with Crippen LogP contribution in [0.1, 0.15) is 46.6 Å². The minimum atomic E-state index is 0.0472. The van der Waals surface area contributed by atoms with Gasteiger partial charge in [-0.3, -0.25) is 4.79 Å². The van der Waals surface area contributed by atoms with Crippen LogP contribution in [0.25, 0.3) is 0 Å². The lowest BCUT2D eigenvalue weighted by Crippen LogP contribution is -2.45. The molecule has 27 heavy (non-hydrogen) atoms. The summed E-state index contributed by atoms with van der Waals surface area (Å²) in [4.78, 5) is 18.8. The van der Waals surface area contributed by atoms with Gasteiger partial charge in [0, 0.05) is 31.6 Å². The molecular weight excluding hydrogens is 340 g/mol. The maximum absolute atomic E-state index is 12.2. The van der Waals surface area contributed by atoms with E-state index in [1.54, 1.807) is 0 Å². The van der Waals surface area contributed by atoms with Gasteiger partial charge in [-0.05, 0) is 44.9 Å². The number of hydrogen-bond acceptors (Lipinski definition) is 3. The van der Waals surface area contributed by atoms with Gasteiger partial charge in [0.05, 0.1) is 12.6 Å². The molecule has 1 atom stereocenters. The highest BCUT2D eigenvalue weighted by atomic mass is 16.5. The summed E-state index contributed by atoms with van der Waals surface area (Å²) in [6, 6.07) is 8.29. The second kappa shape index (κ2) is 10.2. The number of nitrogens with zero attached hydrogens (tertiary/aromatic N) is 2. The first-order chi connectivity index (χ1) is 12.9. The Morgan fingerprint density at radius 2 is 2.11 bits per heavy atom. The van der Waals surface area contributed by atoms with Crippen LogP contribution in [0.15, 0.2) is 29.3 Å². The van der Waals surface area contributed by atoms with Crippen molar-refractivity contribution in [3.8, 4) is 5.75 Å². The third-order valence-corrected chi connectivity index (χ3v) is 4.37. The number of carbonyl (C=O) groups excluding carboxylic acids is 1. The van der Waals surface area contributed by atoms with Crippen molar-refractivity contribution < 1.29 is 9.53 Å². The Morgan fingerprint density at radius 1 is 1.33 bits per heavy atom. The summed E-state index contributed by atoms with van der Waals surface area (Å²) >= 11 is 0. The molecule has 6 nitrogen and oxygen atoms in total. The van der Waals surface area contributed by atoms with E-state index in [1.165, 1.54) is 0 Å². The first-order valence-corrected chi connectivity index (χ1v) is 9.98. The molecule has 0 bridgehead atoms. The Kier molecular flexibility index (Phi) is 7.95. The van der Waals surface area contributed by atoms with E-state index < -0.39 is 0 Å². The van der Waals surface area contributed by atoms with Crippen molar-refractivity contribution in [3.05, 3.63) is 29.8 Å². The van der Waals surface area contributed by atoms with Crippen LogP contribution < -0.4 is 15.4 Å². The molecule has 0 aromatic heterocycles. The molecule has 1 unspecified atom stereocenters. The minimum absolute atomic E-state index is 0.0472. The average Bonchev–Trinajstić information content (AvgIpc) is 3.07. The third-order valence-electron chi connectivity index (χ3n) is 4.37. The van der Waals surface area contributed by atoms with E-state index in [4.69, 9.17) is 9.73 Å². The number of nitrogens with one attached hydrogen (secondary N) is 2. The van der Waals surface area contributed by atoms with Crippen molar-refractivity contribution in [2.45, 2.75) is 59.7 Å². The van der Waals surface area contributed by atoms with Crippen LogP contribution in [-0.2, 0) is 11.3 Å². The average molecular weight is 375 g/mol. The summed E-state index contributed by atoms with van der Waals surface area (Å²) in [7, 11) is 0. The zero-order valence-electron chi connectivity index (χ0n) is 17.3. The number of hydrogen-bond donors (Lipinski definition) is 2. The molecule has 2 N–H and O–H groups in total. The molecule has 1 aromatic rings. The van der Waals surface area contributed by atoms with Crippen LogP contribution in [0.4, 0.5) is 0 Å². The monoisotopic (exact) mass is 374 g/mol. The highest BCUT2D eigenvalue weighted by molar-refractivity contribution is 5.81. The van der Waals surface area contributed by atoms with Gasteiger partial charge in [0.2, 0.25) is 5.91 Å². The third kappa shape index (κ3) is 6.77. The summed E-state index contributed by atoms with van der Waals surface area (Å²) in [5, 5.41) is 6.77. The van der Waals surface area contributed by atoms with Gasteiger partial charge < -0.3 is 20.3 Å². The quantitative estimate of drug-likeness (QED) is 0.569. The van der Waals surface area contributed by atoms with Gasteiger partial charge in [-0.1, -0.05) is 26.0 Å². The van der Waals surface area contributed by atoms with Crippen LogP contribution in [0.5, 0.6) is 5.75 Å². The molecule has 0 saturated carbocycles. The van der Waals surface area contributed by atoms with E-state index in [1.807, 2.05) is 50.8 Å². The molecule has 1 aromatic carbocycles. The van der Waals surface area contributed by atoms with Crippen molar-refractivity contribution in [3.63, 3.8) is 0 Å². The van der Waals surface area contributed by atoms with Crippen LogP contribution in [-0.4, -0.2) is 48.5 Å². The maximum atomic E-state index is 12.2. The molecule has 2 rings (SSSR count). The molecule has 1 saturated heterocycles. The topological polar surface area (TPSA) is 66.0 Å². The molecule has 1 heterocycles. The van der Waals surface area contributed by atoms with Crippen molar-refractivity contribution in [1.82, 2.24) is 15.5 Å². The molecule has 1 fully saturated rings. The minimum Gasteiger partial charge on any atom is -0.491 e. The first-order valence-electron chi connectivity index (χ1n) is 9.98.